The quantitative estimate of drug-likeness (QED) is 0.549. The summed E-state index contributed by atoms with van der Waals surface area (Å²) >= 11 is 0. The average Bonchev–Trinajstić information content (AvgIpc) is 2.85. The van der Waals surface area contributed by atoms with Gasteiger partial charge in [-0.2, -0.15) is 0 Å². The zero-order valence-corrected chi connectivity index (χ0v) is 13.0. The predicted molar refractivity (Wildman–Crippen MR) is 79.1 cm³/mol. The Bertz CT molecular complexity index is 450. The van der Waals surface area contributed by atoms with Crippen LogP contribution in [-0.4, -0.2) is 51.9 Å². The Balaban J connectivity index is 1.62. The molecule has 8 heteroatoms. The first-order chi connectivity index (χ1) is 10.00. The van der Waals surface area contributed by atoms with E-state index >= 15 is 0 Å². The van der Waals surface area contributed by atoms with Gasteiger partial charge < -0.3 is 15.8 Å². The number of carbonyl (C=O) groups excluding carboxylic acids is 1. The molecule has 2 atom stereocenters. The summed E-state index contributed by atoms with van der Waals surface area (Å²) < 4.78 is 31.6. The van der Waals surface area contributed by atoms with Gasteiger partial charge in [0.05, 0.1) is 11.9 Å². The first-order valence-electron chi connectivity index (χ1n) is 7.61. The third-order valence-electron chi connectivity index (χ3n) is 4.15. The number of sulfonamides is 1. The van der Waals surface area contributed by atoms with E-state index < -0.39 is 16.1 Å². The Morgan fingerprint density at radius 2 is 2.00 bits per heavy atom. The summed E-state index contributed by atoms with van der Waals surface area (Å²) in [7, 11) is -3.31. The summed E-state index contributed by atoms with van der Waals surface area (Å²) in [5.74, 6) is 0.132. The van der Waals surface area contributed by atoms with Gasteiger partial charge in [0.25, 0.3) is 0 Å². The van der Waals surface area contributed by atoms with Crippen molar-refractivity contribution in [2.24, 2.45) is 11.7 Å². The Hall–Kier alpha value is -0.700. The number of hydrogen-bond acceptors (Lipinski definition) is 5. The fraction of sp³-hybridized carbons (Fsp3) is 0.923. The first-order valence-corrected chi connectivity index (χ1v) is 9.26. The number of amides is 1. The molecule has 0 aromatic heterocycles. The molecule has 122 valence electrons. The van der Waals surface area contributed by atoms with Crippen molar-refractivity contribution in [1.29, 1.82) is 0 Å². The molecule has 2 rings (SSSR count). The van der Waals surface area contributed by atoms with Gasteiger partial charge in [-0.1, -0.05) is 6.42 Å². The van der Waals surface area contributed by atoms with Crippen molar-refractivity contribution in [1.82, 2.24) is 10.0 Å². The fourth-order valence-electron chi connectivity index (χ4n) is 2.51. The summed E-state index contributed by atoms with van der Waals surface area (Å²) in [5.41, 5.74) is 5.48. The molecule has 2 aliphatic rings. The van der Waals surface area contributed by atoms with E-state index in [1.165, 1.54) is 6.42 Å². The van der Waals surface area contributed by atoms with Crippen LogP contribution in [0.1, 0.15) is 32.1 Å². The molecule has 1 saturated heterocycles. The normalized spacial score (nSPS) is 26.5. The van der Waals surface area contributed by atoms with Crippen LogP contribution in [0.4, 0.5) is 0 Å². The number of nitrogens with one attached hydrogen (secondary N) is 2. The molecule has 0 aromatic rings. The summed E-state index contributed by atoms with van der Waals surface area (Å²) in [5, 5.41) is 2.62. The van der Waals surface area contributed by atoms with Crippen molar-refractivity contribution in [2.75, 3.05) is 25.4 Å². The summed E-state index contributed by atoms with van der Waals surface area (Å²) in [4.78, 5) is 11.8. The minimum absolute atomic E-state index is 0.0615. The third kappa shape index (κ3) is 5.21. The average molecular weight is 319 g/mol. The standard InChI is InChI=1S/C13H25N3O4S/c14-8-11-4-5-12(20-11)13(17)15-6-7-21(18,19)16-9-10-2-1-3-10/h10-12,16H,1-9,14H2,(H,15,17)/t11-,12+/m1/s1. The second-order valence-electron chi connectivity index (χ2n) is 5.82. The fourth-order valence-corrected chi connectivity index (χ4v) is 3.51. The van der Waals surface area contributed by atoms with Gasteiger partial charge in [-0.05, 0) is 31.6 Å². The van der Waals surface area contributed by atoms with Crippen LogP contribution in [0, 0.1) is 5.92 Å². The van der Waals surface area contributed by atoms with Gasteiger partial charge in [-0.25, -0.2) is 13.1 Å². The van der Waals surface area contributed by atoms with Crippen LogP contribution >= 0.6 is 0 Å². The maximum Gasteiger partial charge on any atom is 0.249 e. The highest BCUT2D eigenvalue weighted by Crippen LogP contribution is 2.25. The van der Waals surface area contributed by atoms with E-state index in [2.05, 4.69) is 10.0 Å². The van der Waals surface area contributed by atoms with Crippen molar-refractivity contribution in [3.05, 3.63) is 0 Å². The van der Waals surface area contributed by atoms with Crippen LogP contribution in [0.5, 0.6) is 0 Å². The van der Waals surface area contributed by atoms with E-state index in [0.29, 0.717) is 25.4 Å². The molecule has 1 amide bonds. The number of rotatable bonds is 8. The molecule has 1 saturated carbocycles. The molecule has 4 N–H and O–H groups in total. The smallest absolute Gasteiger partial charge is 0.249 e. The molecular formula is C13H25N3O4S. The van der Waals surface area contributed by atoms with Gasteiger partial charge in [0.15, 0.2) is 0 Å². The zero-order valence-electron chi connectivity index (χ0n) is 12.2. The van der Waals surface area contributed by atoms with Crippen LogP contribution in [-0.2, 0) is 19.6 Å². The van der Waals surface area contributed by atoms with Gasteiger partial charge >= 0.3 is 0 Å². The molecular weight excluding hydrogens is 294 g/mol. The highest BCUT2D eigenvalue weighted by Gasteiger charge is 2.29. The van der Waals surface area contributed by atoms with Crippen LogP contribution < -0.4 is 15.8 Å². The molecule has 0 radical (unpaired) electrons. The third-order valence-corrected chi connectivity index (χ3v) is 5.50. The lowest BCUT2D eigenvalue weighted by molar-refractivity contribution is -0.131. The molecule has 0 spiro atoms. The molecule has 0 unspecified atom stereocenters. The summed E-state index contributed by atoms with van der Waals surface area (Å²) in [6.45, 7) is 1.02. The molecule has 0 bridgehead atoms. The van der Waals surface area contributed by atoms with Gasteiger partial charge in [0, 0.05) is 19.6 Å². The Morgan fingerprint density at radius 1 is 1.24 bits per heavy atom. The van der Waals surface area contributed by atoms with Crippen LogP contribution in [0.15, 0.2) is 0 Å². The number of carbonyl (C=O) groups is 1. The second-order valence-corrected chi connectivity index (χ2v) is 7.74. The van der Waals surface area contributed by atoms with E-state index in [-0.39, 0.29) is 24.3 Å². The highest BCUT2D eigenvalue weighted by molar-refractivity contribution is 7.89. The van der Waals surface area contributed by atoms with E-state index in [1.807, 2.05) is 0 Å². The minimum atomic E-state index is -3.31. The Labute approximate surface area is 126 Å². The Morgan fingerprint density at radius 3 is 2.57 bits per heavy atom. The van der Waals surface area contributed by atoms with Gasteiger partial charge in [0.2, 0.25) is 15.9 Å². The van der Waals surface area contributed by atoms with Gasteiger partial charge in [-0.15, -0.1) is 0 Å². The van der Waals surface area contributed by atoms with Crippen LogP contribution in [0.3, 0.4) is 0 Å². The lowest BCUT2D eigenvalue weighted by Crippen LogP contribution is -2.40. The van der Waals surface area contributed by atoms with Crippen molar-refractivity contribution in [2.45, 2.75) is 44.3 Å². The van der Waals surface area contributed by atoms with E-state index in [0.717, 1.165) is 19.3 Å². The molecule has 1 aliphatic heterocycles. The molecule has 2 fully saturated rings. The molecule has 0 aromatic carbocycles. The lowest BCUT2D eigenvalue weighted by Gasteiger charge is -2.25. The number of ether oxygens (including phenoxy) is 1. The first kappa shape index (κ1) is 16.7. The van der Waals surface area contributed by atoms with E-state index in [4.69, 9.17) is 10.5 Å². The summed E-state index contributed by atoms with van der Waals surface area (Å²) in [6, 6.07) is 0. The van der Waals surface area contributed by atoms with Crippen molar-refractivity contribution in [3.63, 3.8) is 0 Å². The predicted octanol–water partition coefficient (Wildman–Crippen LogP) is -0.672. The second kappa shape index (κ2) is 7.53. The maximum absolute atomic E-state index is 11.8. The largest absolute Gasteiger partial charge is 0.364 e. The number of nitrogens with two attached hydrogens (primary N) is 1. The molecule has 1 heterocycles. The lowest BCUT2D eigenvalue weighted by atomic mass is 9.86. The van der Waals surface area contributed by atoms with Crippen LogP contribution in [0.2, 0.25) is 0 Å². The van der Waals surface area contributed by atoms with Crippen LogP contribution in [0.25, 0.3) is 0 Å². The number of hydrogen-bond donors (Lipinski definition) is 3. The topological polar surface area (TPSA) is 111 Å². The Kier molecular flexibility index (Phi) is 5.98. The SMILES string of the molecule is NC[C@H]1CC[C@@H](C(=O)NCCS(=O)(=O)NCC2CCC2)O1. The molecule has 1 aliphatic carbocycles. The van der Waals surface area contributed by atoms with Crippen molar-refractivity contribution in [3.8, 4) is 0 Å². The van der Waals surface area contributed by atoms with Gasteiger partial charge in [0.1, 0.15) is 6.10 Å². The zero-order chi connectivity index (χ0) is 15.3. The maximum atomic E-state index is 11.8. The van der Waals surface area contributed by atoms with E-state index in [1.54, 1.807) is 0 Å². The minimum Gasteiger partial charge on any atom is -0.364 e. The van der Waals surface area contributed by atoms with Crippen molar-refractivity contribution >= 4 is 15.9 Å². The van der Waals surface area contributed by atoms with E-state index in [9.17, 15) is 13.2 Å². The monoisotopic (exact) mass is 319 g/mol. The molecule has 7 nitrogen and oxygen atoms in total. The highest BCUT2D eigenvalue weighted by atomic mass is 32.2. The van der Waals surface area contributed by atoms with Crippen molar-refractivity contribution < 1.29 is 17.9 Å². The molecule has 21 heavy (non-hydrogen) atoms. The van der Waals surface area contributed by atoms with Gasteiger partial charge in [-0.3, -0.25) is 4.79 Å². The summed E-state index contributed by atoms with van der Waals surface area (Å²) in [6.07, 6.45) is 4.24.